The SMILES string of the molecule is CC(N)C(C)C(=O)N1CCN(C(=O)c2cccc(O)c2)CC1.Cl. The van der Waals surface area contributed by atoms with Gasteiger partial charge in [-0.25, -0.2) is 0 Å². The Kier molecular flexibility index (Phi) is 6.84. The maximum Gasteiger partial charge on any atom is 0.254 e. The van der Waals surface area contributed by atoms with Gasteiger partial charge < -0.3 is 20.6 Å². The summed E-state index contributed by atoms with van der Waals surface area (Å²) < 4.78 is 0. The molecular formula is C16H24ClN3O3. The lowest BCUT2D eigenvalue weighted by molar-refractivity contribution is -0.137. The Morgan fingerprint density at radius 2 is 1.70 bits per heavy atom. The summed E-state index contributed by atoms with van der Waals surface area (Å²) >= 11 is 0. The van der Waals surface area contributed by atoms with Gasteiger partial charge in [0.2, 0.25) is 5.91 Å². The Balaban J connectivity index is 0.00000264. The van der Waals surface area contributed by atoms with Gasteiger partial charge in [-0.15, -0.1) is 12.4 Å². The number of phenols is 1. The molecule has 2 amide bonds. The maximum atomic E-state index is 12.4. The van der Waals surface area contributed by atoms with E-state index in [9.17, 15) is 14.7 Å². The molecule has 23 heavy (non-hydrogen) atoms. The highest BCUT2D eigenvalue weighted by atomic mass is 35.5. The zero-order chi connectivity index (χ0) is 16.3. The number of phenolic OH excluding ortho intramolecular Hbond substituents is 1. The van der Waals surface area contributed by atoms with Crippen LogP contribution in [0.4, 0.5) is 0 Å². The molecule has 1 aliphatic heterocycles. The minimum Gasteiger partial charge on any atom is -0.508 e. The minimum atomic E-state index is -0.215. The van der Waals surface area contributed by atoms with Crippen molar-refractivity contribution in [1.29, 1.82) is 0 Å². The minimum absolute atomic E-state index is 0. The molecule has 128 valence electrons. The molecule has 6 nitrogen and oxygen atoms in total. The molecule has 0 bridgehead atoms. The standard InChI is InChI=1S/C16H23N3O3.ClH/c1-11(12(2)17)15(21)18-6-8-19(9-7-18)16(22)13-4-3-5-14(20)10-13;/h3-5,10-12,20H,6-9,17H2,1-2H3;1H. The number of aromatic hydroxyl groups is 1. The van der Waals surface area contributed by atoms with Crippen molar-refractivity contribution in [3.05, 3.63) is 29.8 Å². The lowest BCUT2D eigenvalue weighted by Gasteiger charge is -2.36. The molecule has 1 fully saturated rings. The van der Waals surface area contributed by atoms with Crippen molar-refractivity contribution in [2.24, 2.45) is 11.7 Å². The zero-order valence-electron chi connectivity index (χ0n) is 13.4. The molecule has 0 aliphatic carbocycles. The van der Waals surface area contributed by atoms with E-state index in [2.05, 4.69) is 0 Å². The number of carbonyl (C=O) groups excluding carboxylic acids is 2. The number of halogens is 1. The fourth-order valence-electron chi connectivity index (χ4n) is 2.46. The van der Waals surface area contributed by atoms with Crippen LogP contribution in [0.3, 0.4) is 0 Å². The second-order valence-electron chi connectivity index (χ2n) is 5.82. The van der Waals surface area contributed by atoms with E-state index in [4.69, 9.17) is 5.73 Å². The molecule has 2 unspecified atom stereocenters. The first kappa shape index (κ1) is 19.3. The van der Waals surface area contributed by atoms with Crippen LogP contribution in [-0.2, 0) is 4.79 Å². The number of carbonyl (C=O) groups is 2. The van der Waals surface area contributed by atoms with Crippen LogP contribution >= 0.6 is 12.4 Å². The van der Waals surface area contributed by atoms with Crippen LogP contribution < -0.4 is 5.73 Å². The van der Waals surface area contributed by atoms with Crippen LogP contribution in [-0.4, -0.2) is 58.9 Å². The van der Waals surface area contributed by atoms with E-state index >= 15 is 0 Å². The van der Waals surface area contributed by atoms with Crippen molar-refractivity contribution in [1.82, 2.24) is 9.80 Å². The van der Waals surface area contributed by atoms with Gasteiger partial charge in [-0.3, -0.25) is 9.59 Å². The molecule has 0 radical (unpaired) electrons. The third-order valence-corrected chi connectivity index (χ3v) is 4.15. The smallest absolute Gasteiger partial charge is 0.254 e. The summed E-state index contributed by atoms with van der Waals surface area (Å²) in [6, 6.07) is 6.13. The lowest BCUT2D eigenvalue weighted by Crippen LogP contribution is -2.53. The second-order valence-corrected chi connectivity index (χ2v) is 5.82. The summed E-state index contributed by atoms with van der Waals surface area (Å²) in [4.78, 5) is 28.1. The van der Waals surface area contributed by atoms with Gasteiger partial charge in [0.15, 0.2) is 0 Å². The van der Waals surface area contributed by atoms with Gasteiger partial charge >= 0.3 is 0 Å². The van der Waals surface area contributed by atoms with Gasteiger partial charge in [0.05, 0.1) is 5.92 Å². The van der Waals surface area contributed by atoms with Crippen LogP contribution in [0, 0.1) is 5.92 Å². The first-order valence-electron chi connectivity index (χ1n) is 7.53. The van der Waals surface area contributed by atoms with Gasteiger partial charge in [-0.05, 0) is 25.1 Å². The number of nitrogens with two attached hydrogens (primary N) is 1. The van der Waals surface area contributed by atoms with E-state index in [1.807, 2.05) is 13.8 Å². The number of piperazine rings is 1. The van der Waals surface area contributed by atoms with Crippen molar-refractivity contribution >= 4 is 24.2 Å². The molecule has 1 aromatic rings. The summed E-state index contributed by atoms with van der Waals surface area (Å²) in [7, 11) is 0. The van der Waals surface area contributed by atoms with Crippen molar-refractivity contribution < 1.29 is 14.7 Å². The molecule has 0 aromatic heterocycles. The average Bonchev–Trinajstić information content (AvgIpc) is 2.52. The quantitative estimate of drug-likeness (QED) is 0.861. The van der Waals surface area contributed by atoms with E-state index in [1.54, 1.807) is 21.9 Å². The summed E-state index contributed by atoms with van der Waals surface area (Å²) in [6.45, 7) is 5.67. The van der Waals surface area contributed by atoms with Crippen molar-refractivity contribution in [3.63, 3.8) is 0 Å². The molecule has 0 saturated carbocycles. The van der Waals surface area contributed by atoms with Gasteiger partial charge in [0.25, 0.3) is 5.91 Å². The number of hydrogen-bond donors (Lipinski definition) is 2. The summed E-state index contributed by atoms with van der Waals surface area (Å²) in [5.74, 6) is -0.221. The Labute approximate surface area is 142 Å². The van der Waals surface area contributed by atoms with E-state index < -0.39 is 0 Å². The summed E-state index contributed by atoms with van der Waals surface area (Å²) in [6.07, 6.45) is 0. The Bertz CT molecular complexity index is 557. The summed E-state index contributed by atoms with van der Waals surface area (Å²) in [5, 5.41) is 9.45. The molecular weight excluding hydrogens is 318 g/mol. The molecule has 1 saturated heterocycles. The third-order valence-electron chi connectivity index (χ3n) is 4.15. The van der Waals surface area contributed by atoms with E-state index in [1.165, 1.54) is 12.1 Å². The molecule has 2 atom stereocenters. The van der Waals surface area contributed by atoms with Crippen LogP contribution in [0.25, 0.3) is 0 Å². The lowest BCUT2D eigenvalue weighted by atomic mass is 10.0. The molecule has 7 heteroatoms. The number of rotatable bonds is 3. The van der Waals surface area contributed by atoms with Gasteiger partial charge in [-0.1, -0.05) is 13.0 Å². The third kappa shape index (κ3) is 4.59. The van der Waals surface area contributed by atoms with Crippen molar-refractivity contribution in [3.8, 4) is 5.75 Å². The monoisotopic (exact) mass is 341 g/mol. The van der Waals surface area contributed by atoms with E-state index in [-0.39, 0.29) is 41.9 Å². The molecule has 1 aromatic carbocycles. The molecule has 1 heterocycles. The largest absolute Gasteiger partial charge is 0.508 e. The number of nitrogens with zero attached hydrogens (tertiary/aromatic N) is 2. The maximum absolute atomic E-state index is 12.4. The van der Waals surface area contributed by atoms with Gasteiger partial charge in [0.1, 0.15) is 5.75 Å². The topological polar surface area (TPSA) is 86.9 Å². The molecule has 0 spiro atoms. The Morgan fingerprint density at radius 3 is 2.22 bits per heavy atom. The van der Waals surface area contributed by atoms with Crippen LogP contribution in [0.15, 0.2) is 24.3 Å². The highest BCUT2D eigenvalue weighted by Crippen LogP contribution is 2.15. The highest BCUT2D eigenvalue weighted by molar-refractivity contribution is 5.94. The van der Waals surface area contributed by atoms with Crippen LogP contribution in [0.2, 0.25) is 0 Å². The molecule has 3 N–H and O–H groups in total. The average molecular weight is 342 g/mol. The Morgan fingerprint density at radius 1 is 1.13 bits per heavy atom. The number of benzene rings is 1. The first-order chi connectivity index (χ1) is 10.4. The fourth-order valence-corrected chi connectivity index (χ4v) is 2.46. The van der Waals surface area contributed by atoms with Crippen LogP contribution in [0.5, 0.6) is 5.75 Å². The fraction of sp³-hybridized carbons (Fsp3) is 0.500. The molecule has 2 rings (SSSR count). The predicted octanol–water partition coefficient (Wildman–Crippen LogP) is 1.08. The summed E-state index contributed by atoms with van der Waals surface area (Å²) in [5.41, 5.74) is 6.24. The zero-order valence-corrected chi connectivity index (χ0v) is 14.3. The van der Waals surface area contributed by atoms with E-state index in [0.29, 0.717) is 31.7 Å². The normalized spacial score (nSPS) is 17.2. The molecule has 1 aliphatic rings. The van der Waals surface area contributed by atoms with Crippen LogP contribution in [0.1, 0.15) is 24.2 Å². The van der Waals surface area contributed by atoms with Gasteiger partial charge in [0, 0.05) is 37.8 Å². The predicted molar refractivity (Wildman–Crippen MR) is 90.7 cm³/mol. The first-order valence-corrected chi connectivity index (χ1v) is 7.53. The van der Waals surface area contributed by atoms with Gasteiger partial charge in [-0.2, -0.15) is 0 Å². The second kappa shape index (κ2) is 8.17. The van der Waals surface area contributed by atoms with E-state index in [0.717, 1.165) is 0 Å². The number of amides is 2. The Hall–Kier alpha value is -1.79. The number of hydrogen-bond acceptors (Lipinski definition) is 4. The van der Waals surface area contributed by atoms with Crippen molar-refractivity contribution in [2.75, 3.05) is 26.2 Å². The van der Waals surface area contributed by atoms with Crippen molar-refractivity contribution in [2.45, 2.75) is 19.9 Å². The highest BCUT2D eigenvalue weighted by Gasteiger charge is 2.28.